The summed E-state index contributed by atoms with van der Waals surface area (Å²) in [5.74, 6) is 0.581. The summed E-state index contributed by atoms with van der Waals surface area (Å²) in [6.07, 6.45) is 2.41. The zero-order valence-corrected chi connectivity index (χ0v) is 15.0. The van der Waals surface area contributed by atoms with Crippen molar-refractivity contribution < 1.29 is 24.1 Å². The number of anilines is 1. The van der Waals surface area contributed by atoms with Crippen LogP contribution in [0.5, 0.6) is 17.2 Å². The number of carboxylic acids is 1. The highest BCUT2D eigenvalue weighted by atomic mass is 16.5. The lowest BCUT2D eigenvalue weighted by Gasteiger charge is -2.14. The van der Waals surface area contributed by atoms with E-state index in [1.807, 2.05) is 6.92 Å². The molecule has 7 nitrogen and oxygen atoms in total. The minimum absolute atomic E-state index is 0.142. The van der Waals surface area contributed by atoms with Crippen LogP contribution in [0.1, 0.15) is 29.3 Å². The average molecular weight is 358 g/mol. The molecule has 2 rings (SSSR count). The molecule has 2 aromatic carbocycles. The number of hydrazone groups is 1. The second-order valence-corrected chi connectivity index (χ2v) is 5.32. The molecular formula is C19H22N2O5. The van der Waals surface area contributed by atoms with E-state index in [4.69, 9.17) is 14.2 Å². The van der Waals surface area contributed by atoms with Crippen molar-refractivity contribution in [3.05, 3.63) is 47.5 Å². The first kappa shape index (κ1) is 19.1. The molecule has 0 saturated heterocycles. The Kier molecular flexibility index (Phi) is 6.84. The second kappa shape index (κ2) is 9.31. The Labute approximate surface area is 152 Å². The molecule has 0 atom stereocenters. The number of aromatic carboxylic acids is 1. The van der Waals surface area contributed by atoms with Crippen LogP contribution in [0.25, 0.3) is 0 Å². The monoisotopic (exact) mass is 358 g/mol. The van der Waals surface area contributed by atoms with Crippen molar-refractivity contribution in [2.45, 2.75) is 13.3 Å². The van der Waals surface area contributed by atoms with Crippen LogP contribution in [0.15, 0.2) is 41.5 Å². The fourth-order valence-electron chi connectivity index (χ4n) is 2.26. The maximum Gasteiger partial charge on any atom is 0.337 e. The number of para-hydroxylation sites is 1. The Morgan fingerprint density at radius 1 is 1.19 bits per heavy atom. The standard InChI is InChI=1S/C19H22N2O5/c1-4-9-26-18-16(24-2)10-13(11-17(18)25-3)12-20-21-15-8-6-5-7-14(15)19(22)23/h5-8,10-12,21H,4,9H2,1-3H3,(H,22,23). The predicted molar refractivity (Wildman–Crippen MR) is 100.0 cm³/mol. The lowest BCUT2D eigenvalue weighted by Crippen LogP contribution is -2.03. The Morgan fingerprint density at radius 2 is 1.85 bits per heavy atom. The van der Waals surface area contributed by atoms with Crippen LogP contribution in [0, 0.1) is 0 Å². The summed E-state index contributed by atoms with van der Waals surface area (Å²) in [7, 11) is 3.10. The number of nitrogens with zero attached hydrogens (tertiary/aromatic N) is 1. The summed E-state index contributed by atoms with van der Waals surface area (Å²) in [4.78, 5) is 11.2. The topological polar surface area (TPSA) is 89.4 Å². The van der Waals surface area contributed by atoms with E-state index in [0.717, 1.165) is 6.42 Å². The van der Waals surface area contributed by atoms with Crippen molar-refractivity contribution in [2.24, 2.45) is 5.10 Å². The van der Waals surface area contributed by atoms with E-state index >= 15 is 0 Å². The molecule has 0 radical (unpaired) electrons. The van der Waals surface area contributed by atoms with E-state index in [9.17, 15) is 9.90 Å². The number of rotatable bonds is 9. The molecule has 0 amide bonds. The summed E-state index contributed by atoms with van der Waals surface area (Å²) in [5, 5.41) is 13.3. The third kappa shape index (κ3) is 4.66. The minimum Gasteiger partial charge on any atom is -0.493 e. The molecule has 0 aliphatic heterocycles. The van der Waals surface area contributed by atoms with E-state index in [0.29, 0.717) is 35.1 Å². The van der Waals surface area contributed by atoms with Gasteiger partial charge in [0.2, 0.25) is 5.75 Å². The number of methoxy groups -OCH3 is 2. The van der Waals surface area contributed by atoms with Crippen LogP contribution < -0.4 is 19.6 Å². The number of hydrogen-bond acceptors (Lipinski definition) is 6. The lowest BCUT2D eigenvalue weighted by molar-refractivity contribution is 0.0698. The van der Waals surface area contributed by atoms with Gasteiger partial charge in [0, 0.05) is 5.56 Å². The molecule has 26 heavy (non-hydrogen) atoms. The predicted octanol–water partition coefficient (Wildman–Crippen LogP) is 3.64. The van der Waals surface area contributed by atoms with Gasteiger partial charge in [-0.3, -0.25) is 5.43 Å². The third-order valence-electron chi connectivity index (χ3n) is 3.49. The Morgan fingerprint density at radius 3 is 2.42 bits per heavy atom. The molecule has 2 aromatic rings. The maximum atomic E-state index is 11.2. The summed E-state index contributed by atoms with van der Waals surface area (Å²) in [6.45, 7) is 2.56. The number of hydrogen-bond donors (Lipinski definition) is 2. The van der Waals surface area contributed by atoms with Crippen LogP contribution >= 0.6 is 0 Å². The van der Waals surface area contributed by atoms with Crippen LogP contribution in [0.4, 0.5) is 5.69 Å². The van der Waals surface area contributed by atoms with E-state index in [1.165, 1.54) is 6.07 Å². The van der Waals surface area contributed by atoms with Crippen molar-refractivity contribution in [3.8, 4) is 17.2 Å². The highest BCUT2D eigenvalue weighted by Crippen LogP contribution is 2.38. The fourth-order valence-corrected chi connectivity index (χ4v) is 2.26. The quantitative estimate of drug-likeness (QED) is 0.525. The van der Waals surface area contributed by atoms with Gasteiger partial charge < -0.3 is 19.3 Å². The van der Waals surface area contributed by atoms with Gasteiger partial charge in [0.25, 0.3) is 0 Å². The van der Waals surface area contributed by atoms with E-state index < -0.39 is 5.97 Å². The molecule has 2 N–H and O–H groups in total. The largest absolute Gasteiger partial charge is 0.493 e. The molecule has 0 bridgehead atoms. The van der Waals surface area contributed by atoms with Gasteiger partial charge >= 0.3 is 5.97 Å². The average Bonchev–Trinajstić information content (AvgIpc) is 2.66. The Balaban J connectivity index is 2.24. The van der Waals surface area contributed by atoms with Crippen molar-refractivity contribution in [2.75, 3.05) is 26.3 Å². The first-order chi connectivity index (χ1) is 12.6. The molecule has 0 saturated carbocycles. The SMILES string of the molecule is CCCOc1c(OC)cc(C=NNc2ccccc2C(=O)O)cc1OC. The summed E-state index contributed by atoms with van der Waals surface area (Å²) in [6, 6.07) is 10.1. The summed E-state index contributed by atoms with van der Waals surface area (Å²) < 4.78 is 16.4. The number of carbonyl (C=O) groups is 1. The molecule has 0 aromatic heterocycles. The number of ether oxygens (including phenoxy) is 3. The normalized spacial score (nSPS) is 10.6. The summed E-state index contributed by atoms with van der Waals surface area (Å²) in [5.41, 5.74) is 4.00. The molecule has 138 valence electrons. The zero-order valence-electron chi connectivity index (χ0n) is 15.0. The number of carboxylic acid groups (broad SMARTS) is 1. The lowest BCUT2D eigenvalue weighted by atomic mass is 10.2. The van der Waals surface area contributed by atoms with Crippen molar-refractivity contribution in [1.82, 2.24) is 0 Å². The molecule has 0 aliphatic rings. The first-order valence-electron chi connectivity index (χ1n) is 8.10. The van der Waals surface area contributed by atoms with Gasteiger partial charge in [-0.15, -0.1) is 0 Å². The van der Waals surface area contributed by atoms with Gasteiger partial charge in [-0.05, 0) is 30.7 Å². The van der Waals surface area contributed by atoms with E-state index in [1.54, 1.807) is 50.8 Å². The van der Waals surface area contributed by atoms with Crippen LogP contribution in [-0.4, -0.2) is 38.1 Å². The van der Waals surface area contributed by atoms with Crippen molar-refractivity contribution in [1.29, 1.82) is 0 Å². The molecule has 7 heteroatoms. The van der Waals surface area contributed by atoms with Crippen molar-refractivity contribution in [3.63, 3.8) is 0 Å². The molecule has 0 spiro atoms. The number of nitrogens with one attached hydrogen (secondary N) is 1. The second-order valence-electron chi connectivity index (χ2n) is 5.32. The molecule has 0 heterocycles. The van der Waals surface area contributed by atoms with Gasteiger partial charge in [0.1, 0.15) is 0 Å². The van der Waals surface area contributed by atoms with Crippen LogP contribution in [0.3, 0.4) is 0 Å². The molecule has 0 aliphatic carbocycles. The zero-order chi connectivity index (χ0) is 18.9. The highest BCUT2D eigenvalue weighted by molar-refractivity contribution is 5.94. The van der Waals surface area contributed by atoms with Crippen molar-refractivity contribution >= 4 is 17.9 Å². The van der Waals surface area contributed by atoms with Gasteiger partial charge in [-0.25, -0.2) is 4.79 Å². The van der Waals surface area contributed by atoms with Gasteiger partial charge in [0.15, 0.2) is 11.5 Å². The maximum absolute atomic E-state index is 11.2. The van der Waals surface area contributed by atoms with Gasteiger partial charge in [-0.1, -0.05) is 19.1 Å². The minimum atomic E-state index is -1.02. The summed E-state index contributed by atoms with van der Waals surface area (Å²) >= 11 is 0. The Bertz CT molecular complexity index is 764. The fraction of sp³-hybridized carbons (Fsp3) is 0.263. The molecular weight excluding hydrogens is 336 g/mol. The van der Waals surface area contributed by atoms with E-state index in [-0.39, 0.29) is 5.56 Å². The molecule has 0 fully saturated rings. The number of benzene rings is 2. The Hall–Kier alpha value is -3.22. The third-order valence-corrected chi connectivity index (χ3v) is 3.49. The highest BCUT2D eigenvalue weighted by Gasteiger charge is 2.13. The first-order valence-corrected chi connectivity index (χ1v) is 8.10. The van der Waals surface area contributed by atoms with E-state index in [2.05, 4.69) is 10.5 Å². The van der Waals surface area contributed by atoms with Gasteiger partial charge in [0.05, 0.1) is 38.3 Å². The van der Waals surface area contributed by atoms with Crippen LogP contribution in [-0.2, 0) is 0 Å². The van der Waals surface area contributed by atoms with Crippen LogP contribution in [0.2, 0.25) is 0 Å². The molecule has 0 unspecified atom stereocenters. The smallest absolute Gasteiger partial charge is 0.337 e. The van der Waals surface area contributed by atoms with Gasteiger partial charge in [-0.2, -0.15) is 5.10 Å².